The van der Waals surface area contributed by atoms with Gasteiger partial charge in [-0.2, -0.15) is 0 Å². The molecule has 1 amide bonds. The predicted molar refractivity (Wildman–Crippen MR) is 102 cm³/mol. The van der Waals surface area contributed by atoms with Gasteiger partial charge < -0.3 is 5.32 Å². The summed E-state index contributed by atoms with van der Waals surface area (Å²) in [5.74, 6) is -0.439. The number of carbonyl (C=O) groups is 1. The number of hydrogen-bond acceptors (Lipinski definition) is 4. The molecule has 0 saturated heterocycles. The zero-order chi connectivity index (χ0) is 19.1. The van der Waals surface area contributed by atoms with E-state index in [1.165, 1.54) is 23.8 Å². The van der Waals surface area contributed by atoms with E-state index in [9.17, 15) is 14.9 Å². The number of rotatable bonds is 8. The fraction of sp³-hybridized carbons (Fsp3) is 0.316. The first kappa shape index (κ1) is 19.9. The lowest BCUT2D eigenvalue weighted by Gasteiger charge is -2.18. The fourth-order valence-electron chi connectivity index (χ4n) is 2.55. The van der Waals surface area contributed by atoms with E-state index in [1.54, 1.807) is 0 Å². The van der Waals surface area contributed by atoms with E-state index < -0.39 is 10.8 Å². The Morgan fingerprint density at radius 2 is 1.73 bits per heavy atom. The van der Waals surface area contributed by atoms with Crippen molar-refractivity contribution in [3.05, 3.63) is 74.3 Å². The zero-order valence-corrected chi connectivity index (χ0v) is 15.6. The number of nitro benzene ring substituents is 1. The second-order valence-electron chi connectivity index (χ2n) is 5.88. The Morgan fingerprint density at radius 1 is 1.12 bits per heavy atom. The van der Waals surface area contributed by atoms with Gasteiger partial charge in [0.15, 0.2) is 0 Å². The van der Waals surface area contributed by atoms with Gasteiger partial charge in [-0.05, 0) is 30.3 Å². The summed E-state index contributed by atoms with van der Waals surface area (Å²) in [7, 11) is 0. The summed E-state index contributed by atoms with van der Waals surface area (Å²) in [6.07, 6.45) is 0. The lowest BCUT2D eigenvalue weighted by atomic mass is 10.1. The zero-order valence-electron chi connectivity index (χ0n) is 14.9. The van der Waals surface area contributed by atoms with E-state index in [0.717, 1.165) is 25.2 Å². The Hall–Kier alpha value is -2.44. The molecular weight excluding hydrogens is 354 g/mol. The average molecular weight is 376 g/mol. The molecule has 0 fully saturated rings. The van der Waals surface area contributed by atoms with Gasteiger partial charge in [0.1, 0.15) is 0 Å². The predicted octanol–water partition coefficient (Wildman–Crippen LogP) is 4.02. The summed E-state index contributed by atoms with van der Waals surface area (Å²) in [5.41, 5.74) is 2.09. The maximum absolute atomic E-state index is 12.3. The summed E-state index contributed by atoms with van der Waals surface area (Å²) in [4.78, 5) is 24.9. The Bertz CT molecular complexity index is 774. The summed E-state index contributed by atoms with van der Waals surface area (Å²) in [6.45, 7) is 7.47. The number of non-ortho nitro benzene ring substituents is 1. The fourth-order valence-corrected chi connectivity index (χ4v) is 2.75. The van der Waals surface area contributed by atoms with Gasteiger partial charge in [-0.15, -0.1) is 0 Å². The monoisotopic (exact) mass is 375 g/mol. The van der Waals surface area contributed by atoms with Crippen molar-refractivity contribution < 1.29 is 9.72 Å². The van der Waals surface area contributed by atoms with E-state index >= 15 is 0 Å². The highest BCUT2D eigenvalue weighted by molar-refractivity contribution is 6.33. The van der Waals surface area contributed by atoms with Gasteiger partial charge in [-0.3, -0.25) is 19.8 Å². The third-order valence-corrected chi connectivity index (χ3v) is 4.51. The Labute approximate surface area is 157 Å². The van der Waals surface area contributed by atoms with Crippen molar-refractivity contribution in [3.8, 4) is 0 Å². The minimum absolute atomic E-state index is 0.0963. The number of carbonyl (C=O) groups excluding carboxylic acids is 1. The Morgan fingerprint density at radius 3 is 2.31 bits per heavy atom. The van der Waals surface area contributed by atoms with E-state index in [4.69, 9.17) is 11.6 Å². The smallest absolute Gasteiger partial charge is 0.270 e. The second-order valence-corrected chi connectivity index (χ2v) is 6.29. The lowest BCUT2D eigenvalue weighted by molar-refractivity contribution is -0.384. The number of hydrogen-bond donors (Lipinski definition) is 1. The van der Waals surface area contributed by atoms with Crippen molar-refractivity contribution in [2.45, 2.75) is 26.9 Å². The highest BCUT2D eigenvalue weighted by atomic mass is 35.5. The third kappa shape index (κ3) is 5.28. The molecule has 6 nitrogen and oxygen atoms in total. The molecule has 0 bridgehead atoms. The molecule has 0 aliphatic heterocycles. The number of nitrogens with one attached hydrogen (secondary N) is 1. The molecule has 2 rings (SSSR count). The van der Waals surface area contributed by atoms with Crippen LogP contribution in [0.5, 0.6) is 0 Å². The lowest BCUT2D eigenvalue weighted by Crippen LogP contribution is -2.23. The van der Waals surface area contributed by atoms with Crippen LogP contribution in [0.2, 0.25) is 5.02 Å². The highest BCUT2D eigenvalue weighted by Crippen LogP contribution is 2.22. The van der Waals surface area contributed by atoms with Crippen LogP contribution >= 0.6 is 11.6 Å². The summed E-state index contributed by atoms with van der Waals surface area (Å²) < 4.78 is 0. The molecule has 0 radical (unpaired) electrons. The average Bonchev–Trinajstić information content (AvgIpc) is 2.65. The first-order valence-corrected chi connectivity index (χ1v) is 8.84. The Balaban J connectivity index is 1.99. The van der Waals surface area contributed by atoms with Crippen LogP contribution in [0, 0.1) is 10.1 Å². The number of nitrogens with zero attached hydrogens (tertiary/aromatic N) is 2. The summed E-state index contributed by atoms with van der Waals surface area (Å²) in [6, 6.07) is 11.8. The van der Waals surface area contributed by atoms with Crippen LogP contribution in [0.15, 0.2) is 42.5 Å². The van der Waals surface area contributed by atoms with Crippen molar-refractivity contribution in [1.82, 2.24) is 10.2 Å². The molecule has 0 unspecified atom stereocenters. The van der Waals surface area contributed by atoms with Crippen LogP contribution in [-0.4, -0.2) is 28.8 Å². The largest absolute Gasteiger partial charge is 0.348 e. The van der Waals surface area contributed by atoms with Crippen LogP contribution in [0.25, 0.3) is 0 Å². The first-order valence-electron chi connectivity index (χ1n) is 8.46. The van der Waals surface area contributed by atoms with Crippen molar-refractivity contribution in [2.24, 2.45) is 0 Å². The highest BCUT2D eigenvalue weighted by Gasteiger charge is 2.15. The quantitative estimate of drug-likeness (QED) is 0.558. The SMILES string of the molecule is CCN(CC)Cc1ccc(CNC(=O)c2cc([N+](=O)[O-])ccc2Cl)cc1. The molecule has 26 heavy (non-hydrogen) atoms. The molecule has 2 aromatic carbocycles. The number of nitro groups is 1. The van der Waals surface area contributed by atoms with E-state index in [0.29, 0.717) is 6.54 Å². The number of amides is 1. The molecule has 0 atom stereocenters. The van der Waals surface area contributed by atoms with Crippen molar-refractivity contribution >= 4 is 23.2 Å². The first-order chi connectivity index (χ1) is 12.4. The molecule has 2 aromatic rings. The van der Waals surface area contributed by atoms with E-state index in [-0.39, 0.29) is 16.3 Å². The summed E-state index contributed by atoms with van der Waals surface area (Å²) in [5, 5.41) is 13.8. The number of halogens is 1. The van der Waals surface area contributed by atoms with Crippen LogP contribution in [0.3, 0.4) is 0 Å². The van der Waals surface area contributed by atoms with Gasteiger partial charge in [0.25, 0.3) is 11.6 Å². The maximum atomic E-state index is 12.3. The van der Waals surface area contributed by atoms with Gasteiger partial charge in [-0.25, -0.2) is 0 Å². The minimum Gasteiger partial charge on any atom is -0.348 e. The van der Waals surface area contributed by atoms with Crippen molar-refractivity contribution in [2.75, 3.05) is 13.1 Å². The Kier molecular flexibility index (Phi) is 7.12. The maximum Gasteiger partial charge on any atom is 0.270 e. The summed E-state index contributed by atoms with van der Waals surface area (Å²) >= 11 is 5.99. The standard InChI is InChI=1S/C19H22ClN3O3/c1-3-22(4-2)13-15-7-5-14(6-8-15)12-21-19(24)17-11-16(23(25)26)9-10-18(17)20/h5-11H,3-4,12-13H2,1-2H3,(H,21,24). The third-order valence-electron chi connectivity index (χ3n) is 4.18. The molecule has 0 saturated carbocycles. The van der Waals surface area contributed by atoms with Gasteiger partial charge >= 0.3 is 0 Å². The molecule has 7 heteroatoms. The molecule has 1 N–H and O–H groups in total. The van der Waals surface area contributed by atoms with Crippen molar-refractivity contribution in [3.63, 3.8) is 0 Å². The van der Waals surface area contributed by atoms with Crippen LogP contribution in [0.1, 0.15) is 35.3 Å². The minimum atomic E-state index is -0.554. The molecule has 0 aliphatic rings. The topological polar surface area (TPSA) is 75.5 Å². The molecule has 0 heterocycles. The molecule has 0 spiro atoms. The van der Waals surface area contributed by atoms with Crippen LogP contribution in [0.4, 0.5) is 5.69 Å². The van der Waals surface area contributed by atoms with Crippen molar-refractivity contribution in [1.29, 1.82) is 0 Å². The molecule has 138 valence electrons. The normalized spacial score (nSPS) is 10.8. The van der Waals surface area contributed by atoms with Gasteiger partial charge in [-0.1, -0.05) is 49.7 Å². The molecular formula is C19H22ClN3O3. The van der Waals surface area contributed by atoms with Gasteiger partial charge in [0.05, 0.1) is 15.5 Å². The van der Waals surface area contributed by atoms with E-state index in [2.05, 4.69) is 24.1 Å². The van der Waals surface area contributed by atoms with Crippen LogP contribution in [-0.2, 0) is 13.1 Å². The van der Waals surface area contributed by atoms with E-state index in [1.807, 2.05) is 24.3 Å². The van der Waals surface area contributed by atoms with Gasteiger partial charge in [0.2, 0.25) is 0 Å². The molecule has 0 aromatic heterocycles. The van der Waals surface area contributed by atoms with Gasteiger partial charge in [0, 0.05) is 25.2 Å². The second kappa shape index (κ2) is 9.31. The number of benzene rings is 2. The van der Waals surface area contributed by atoms with Crippen LogP contribution < -0.4 is 5.32 Å². The molecule has 0 aliphatic carbocycles.